The molecule has 0 saturated carbocycles. The van der Waals surface area contributed by atoms with Gasteiger partial charge in [0.05, 0.1) is 6.61 Å². The molecule has 17 heavy (non-hydrogen) atoms. The maximum Gasteiger partial charge on any atom is 0.254 e. The predicted molar refractivity (Wildman–Crippen MR) is 69.3 cm³/mol. The third-order valence-electron chi connectivity index (χ3n) is 2.40. The number of likely N-dealkylation sites (N-methyl/N-ethyl adjacent to an activating group) is 1. The van der Waals surface area contributed by atoms with Gasteiger partial charge in [-0.1, -0.05) is 11.6 Å². The topological polar surface area (TPSA) is 55.6 Å². The van der Waals surface area contributed by atoms with Crippen molar-refractivity contribution in [1.82, 2.24) is 4.90 Å². The van der Waals surface area contributed by atoms with Crippen molar-refractivity contribution >= 4 is 23.2 Å². The van der Waals surface area contributed by atoms with Crippen LogP contribution in [0.3, 0.4) is 0 Å². The van der Waals surface area contributed by atoms with Crippen molar-refractivity contribution in [3.05, 3.63) is 28.8 Å². The molecule has 0 aliphatic heterocycles. The molecule has 4 nitrogen and oxygen atoms in total. The molecule has 1 rings (SSSR count). The fourth-order valence-electron chi connectivity index (χ4n) is 1.52. The van der Waals surface area contributed by atoms with Crippen LogP contribution in [0.15, 0.2) is 18.2 Å². The first-order valence-electron chi connectivity index (χ1n) is 5.42. The predicted octanol–water partition coefficient (Wildman–Crippen LogP) is 2.03. The van der Waals surface area contributed by atoms with E-state index in [-0.39, 0.29) is 5.91 Å². The first-order valence-corrected chi connectivity index (χ1v) is 5.80. The van der Waals surface area contributed by atoms with Gasteiger partial charge in [-0.15, -0.1) is 0 Å². The Morgan fingerprint density at radius 1 is 1.47 bits per heavy atom. The molecule has 2 N–H and O–H groups in total. The van der Waals surface area contributed by atoms with Crippen molar-refractivity contribution in [2.75, 3.05) is 32.5 Å². The van der Waals surface area contributed by atoms with E-state index in [1.807, 2.05) is 6.92 Å². The molecule has 0 radical (unpaired) electrons. The number of nitrogens with two attached hydrogens (primary N) is 1. The molecule has 5 heteroatoms. The van der Waals surface area contributed by atoms with Gasteiger partial charge in [-0.25, -0.2) is 0 Å². The fraction of sp³-hybridized carbons (Fsp3) is 0.417. The summed E-state index contributed by atoms with van der Waals surface area (Å²) in [5.74, 6) is -0.0845. The first-order chi connectivity index (χ1) is 8.08. The summed E-state index contributed by atoms with van der Waals surface area (Å²) < 4.78 is 4.96. The van der Waals surface area contributed by atoms with Crippen molar-refractivity contribution in [1.29, 1.82) is 0 Å². The number of rotatable bonds is 5. The Hall–Kier alpha value is -1.26. The highest BCUT2D eigenvalue weighted by atomic mass is 35.5. The van der Waals surface area contributed by atoms with E-state index in [4.69, 9.17) is 22.1 Å². The summed E-state index contributed by atoms with van der Waals surface area (Å²) in [6.07, 6.45) is 0. The molecular formula is C12H17ClN2O2. The number of nitrogen functional groups attached to an aromatic ring is 1. The van der Waals surface area contributed by atoms with E-state index >= 15 is 0 Å². The summed E-state index contributed by atoms with van der Waals surface area (Å²) in [7, 11) is 1.61. The van der Waals surface area contributed by atoms with Crippen LogP contribution >= 0.6 is 11.6 Å². The van der Waals surface area contributed by atoms with E-state index in [9.17, 15) is 4.79 Å². The summed E-state index contributed by atoms with van der Waals surface area (Å²) in [5, 5.41) is 0.469. The molecule has 0 aliphatic carbocycles. The van der Waals surface area contributed by atoms with Gasteiger partial charge in [0.2, 0.25) is 0 Å². The highest BCUT2D eigenvalue weighted by molar-refractivity contribution is 6.31. The molecule has 0 unspecified atom stereocenters. The van der Waals surface area contributed by atoms with Gasteiger partial charge in [0, 0.05) is 36.5 Å². The molecule has 0 saturated heterocycles. The second-order valence-electron chi connectivity index (χ2n) is 3.65. The minimum absolute atomic E-state index is 0.0845. The molecule has 0 spiro atoms. The zero-order valence-corrected chi connectivity index (χ0v) is 10.8. The third-order valence-corrected chi connectivity index (χ3v) is 2.62. The lowest BCUT2D eigenvalue weighted by Gasteiger charge is -2.20. The number of halogens is 1. The van der Waals surface area contributed by atoms with E-state index in [0.717, 1.165) is 0 Å². The minimum Gasteiger partial charge on any atom is -0.399 e. The molecule has 0 heterocycles. The largest absolute Gasteiger partial charge is 0.399 e. The molecule has 1 amide bonds. The second kappa shape index (κ2) is 6.47. The number of amides is 1. The van der Waals surface area contributed by atoms with Crippen LogP contribution in [0.25, 0.3) is 0 Å². The fourth-order valence-corrected chi connectivity index (χ4v) is 1.77. The first kappa shape index (κ1) is 13.8. The summed E-state index contributed by atoms with van der Waals surface area (Å²) in [4.78, 5) is 13.8. The van der Waals surface area contributed by atoms with Gasteiger partial charge >= 0.3 is 0 Å². The van der Waals surface area contributed by atoms with Crippen molar-refractivity contribution < 1.29 is 9.53 Å². The normalized spacial score (nSPS) is 10.3. The Bertz CT molecular complexity index is 376. The monoisotopic (exact) mass is 256 g/mol. The number of nitrogens with zero attached hydrogens (tertiary/aromatic N) is 1. The average molecular weight is 257 g/mol. The number of hydrogen-bond acceptors (Lipinski definition) is 3. The van der Waals surface area contributed by atoms with Gasteiger partial charge < -0.3 is 15.4 Å². The minimum atomic E-state index is -0.0845. The zero-order valence-electron chi connectivity index (χ0n) is 10.1. The van der Waals surface area contributed by atoms with Crippen LogP contribution in [-0.2, 0) is 4.74 Å². The second-order valence-corrected chi connectivity index (χ2v) is 4.09. The Labute approximate surface area is 106 Å². The van der Waals surface area contributed by atoms with Crippen LogP contribution in [0.2, 0.25) is 5.02 Å². The summed E-state index contributed by atoms with van der Waals surface area (Å²) in [5.41, 5.74) is 6.66. The van der Waals surface area contributed by atoms with Gasteiger partial charge in [-0.3, -0.25) is 4.79 Å². The van der Waals surface area contributed by atoms with Gasteiger partial charge in [-0.05, 0) is 25.1 Å². The highest BCUT2D eigenvalue weighted by Gasteiger charge is 2.14. The van der Waals surface area contributed by atoms with E-state index < -0.39 is 0 Å². The standard InChI is InChI=1S/C12H17ClN2O2/c1-3-15(4-5-17-2)12(16)9-6-10(13)8-11(14)7-9/h6-8H,3-5,14H2,1-2H3. The molecule has 94 valence electrons. The quantitative estimate of drug-likeness (QED) is 0.820. The van der Waals surface area contributed by atoms with Crippen molar-refractivity contribution in [2.24, 2.45) is 0 Å². The van der Waals surface area contributed by atoms with Crippen molar-refractivity contribution in [2.45, 2.75) is 6.92 Å². The number of anilines is 1. The van der Waals surface area contributed by atoms with Crippen LogP contribution in [0.5, 0.6) is 0 Å². The smallest absolute Gasteiger partial charge is 0.254 e. The number of ether oxygens (including phenoxy) is 1. The number of benzene rings is 1. The van der Waals surface area contributed by atoms with Gasteiger partial charge in [-0.2, -0.15) is 0 Å². The van der Waals surface area contributed by atoms with Crippen LogP contribution in [0.4, 0.5) is 5.69 Å². The molecule has 0 atom stereocenters. The molecule has 1 aromatic rings. The number of methoxy groups -OCH3 is 1. The van der Waals surface area contributed by atoms with E-state index in [1.165, 1.54) is 0 Å². The lowest BCUT2D eigenvalue weighted by Crippen LogP contribution is -2.33. The number of hydrogen-bond donors (Lipinski definition) is 1. The van der Waals surface area contributed by atoms with E-state index in [1.54, 1.807) is 30.2 Å². The maximum atomic E-state index is 12.1. The van der Waals surface area contributed by atoms with Crippen LogP contribution in [0.1, 0.15) is 17.3 Å². The van der Waals surface area contributed by atoms with E-state index in [0.29, 0.717) is 36.0 Å². The Morgan fingerprint density at radius 2 is 2.18 bits per heavy atom. The molecule has 0 fully saturated rings. The van der Waals surface area contributed by atoms with Gasteiger partial charge in [0.25, 0.3) is 5.91 Å². The third kappa shape index (κ3) is 3.91. The maximum absolute atomic E-state index is 12.1. The Morgan fingerprint density at radius 3 is 2.71 bits per heavy atom. The van der Waals surface area contributed by atoms with Crippen LogP contribution in [-0.4, -0.2) is 37.6 Å². The van der Waals surface area contributed by atoms with Gasteiger partial charge in [0.15, 0.2) is 0 Å². The molecule has 0 aromatic heterocycles. The van der Waals surface area contributed by atoms with Crippen molar-refractivity contribution in [3.63, 3.8) is 0 Å². The van der Waals surface area contributed by atoms with Crippen molar-refractivity contribution in [3.8, 4) is 0 Å². The van der Waals surface area contributed by atoms with Gasteiger partial charge in [0.1, 0.15) is 0 Å². The zero-order chi connectivity index (χ0) is 12.8. The Balaban J connectivity index is 2.85. The summed E-state index contributed by atoms with van der Waals surface area (Å²) in [6, 6.07) is 4.86. The molecular weight excluding hydrogens is 240 g/mol. The lowest BCUT2D eigenvalue weighted by atomic mass is 10.1. The lowest BCUT2D eigenvalue weighted by molar-refractivity contribution is 0.0706. The molecule has 0 bridgehead atoms. The van der Waals surface area contributed by atoms with Crippen LogP contribution < -0.4 is 5.73 Å². The number of carbonyl (C=O) groups is 1. The summed E-state index contributed by atoms with van der Waals surface area (Å²) in [6.45, 7) is 3.60. The SMILES string of the molecule is CCN(CCOC)C(=O)c1cc(N)cc(Cl)c1. The molecule has 0 aliphatic rings. The summed E-state index contributed by atoms with van der Waals surface area (Å²) >= 11 is 5.87. The average Bonchev–Trinajstić information content (AvgIpc) is 2.28. The van der Waals surface area contributed by atoms with E-state index in [2.05, 4.69) is 0 Å². The Kier molecular flexibility index (Phi) is 5.25. The molecule has 1 aromatic carbocycles. The van der Waals surface area contributed by atoms with Crippen LogP contribution in [0, 0.1) is 0 Å². The highest BCUT2D eigenvalue weighted by Crippen LogP contribution is 2.18. The number of carbonyl (C=O) groups excluding carboxylic acids is 1.